The number of rotatable bonds is 8. The molecule has 2 rings (SSSR count). The molecule has 6 nitrogen and oxygen atoms in total. The summed E-state index contributed by atoms with van der Waals surface area (Å²) >= 11 is 0. The van der Waals surface area contributed by atoms with E-state index in [1.165, 1.54) is 5.56 Å². The SMILES string of the molecule is CCNC(=NCC(=O)NCCc1ccccc1)NCc1ccco1. The molecule has 1 aromatic heterocycles. The summed E-state index contributed by atoms with van der Waals surface area (Å²) in [4.78, 5) is 16.2. The zero-order valence-electron chi connectivity index (χ0n) is 13.9. The van der Waals surface area contributed by atoms with Crippen molar-refractivity contribution in [1.82, 2.24) is 16.0 Å². The normalized spacial score (nSPS) is 11.1. The molecule has 24 heavy (non-hydrogen) atoms. The van der Waals surface area contributed by atoms with E-state index < -0.39 is 0 Å². The third-order valence-corrected chi connectivity index (χ3v) is 3.31. The molecule has 0 aliphatic heterocycles. The molecule has 0 saturated heterocycles. The standard InChI is InChI=1S/C18H24N4O2/c1-2-19-18(21-13-16-9-6-12-24-16)22-14-17(23)20-11-10-15-7-4-3-5-8-15/h3-9,12H,2,10-11,13-14H2,1H3,(H,20,23)(H2,19,21,22). The number of nitrogens with zero attached hydrogens (tertiary/aromatic N) is 1. The highest BCUT2D eigenvalue weighted by Crippen LogP contribution is 1.99. The van der Waals surface area contributed by atoms with E-state index in [4.69, 9.17) is 4.42 Å². The van der Waals surface area contributed by atoms with Crippen LogP contribution in [0.2, 0.25) is 0 Å². The molecule has 0 fully saturated rings. The monoisotopic (exact) mass is 328 g/mol. The number of amides is 1. The van der Waals surface area contributed by atoms with Crippen LogP contribution >= 0.6 is 0 Å². The molecule has 0 aliphatic carbocycles. The molecule has 0 atom stereocenters. The molecule has 0 unspecified atom stereocenters. The third kappa shape index (κ3) is 6.56. The van der Waals surface area contributed by atoms with Crippen molar-refractivity contribution in [2.45, 2.75) is 19.9 Å². The van der Waals surface area contributed by atoms with Gasteiger partial charge in [-0.3, -0.25) is 4.79 Å². The summed E-state index contributed by atoms with van der Waals surface area (Å²) in [6.45, 7) is 3.91. The summed E-state index contributed by atoms with van der Waals surface area (Å²) in [6.07, 6.45) is 2.44. The topological polar surface area (TPSA) is 78.7 Å². The Kier molecular flexibility index (Phi) is 7.40. The van der Waals surface area contributed by atoms with E-state index >= 15 is 0 Å². The fourth-order valence-corrected chi connectivity index (χ4v) is 2.12. The van der Waals surface area contributed by atoms with Crippen LogP contribution in [0.4, 0.5) is 0 Å². The van der Waals surface area contributed by atoms with Crippen LogP contribution in [0.3, 0.4) is 0 Å². The maximum atomic E-state index is 11.9. The summed E-state index contributed by atoms with van der Waals surface area (Å²) in [5.41, 5.74) is 1.20. The summed E-state index contributed by atoms with van der Waals surface area (Å²) in [6, 6.07) is 13.8. The molecule has 6 heteroatoms. The number of hydrogen-bond acceptors (Lipinski definition) is 3. The van der Waals surface area contributed by atoms with E-state index in [1.54, 1.807) is 6.26 Å². The molecule has 1 aromatic carbocycles. The number of carbonyl (C=O) groups is 1. The first-order valence-corrected chi connectivity index (χ1v) is 8.13. The number of nitrogens with one attached hydrogen (secondary N) is 3. The second-order valence-electron chi connectivity index (χ2n) is 5.21. The molecule has 0 aliphatic rings. The van der Waals surface area contributed by atoms with Gasteiger partial charge in [-0.05, 0) is 31.0 Å². The number of hydrogen-bond donors (Lipinski definition) is 3. The van der Waals surface area contributed by atoms with E-state index in [1.807, 2.05) is 49.4 Å². The Morgan fingerprint density at radius 1 is 1.08 bits per heavy atom. The lowest BCUT2D eigenvalue weighted by Gasteiger charge is -2.10. The van der Waals surface area contributed by atoms with Gasteiger partial charge in [0, 0.05) is 13.1 Å². The van der Waals surface area contributed by atoms with E-state index in [0.717, 1.165) is 18.7 Å². The van der Waals surface area contributed by atoms with Crippen molar-refractivity contribution in [1.29, 1.82) is 0 Å². The largest absolute Gasteiger partial charge is 0.467 e. The van der Waals surface area contributed by atoms with Gasteiger partial charge in [0.1, 0.15) is 12.3 Å². The van der Waals surface area contributed by atoms with E-state index in [2.05, 4.69) is 20.9 Å². The molecular weight excluding hydrogens is 304 g/mol. The number of furan rings is 1. The zero-order chi connectivity index (χ0) is 17.0. The molecule has 0 spiro atoms. The van der Waals surface area contributed by atoms with E-state index in [9.17, 15) is 4.79 Å². The van der Waals surface area contributed by atoms with Crippen molar-refractivity contribution in [2.24, 2.45) is 4.99 Å². The van der Waals surface area contributed by atoms with Crippen molar-refractivity contribution in [3.05, 3.63) is 60.1 Å². The predicted molar refractivity (Wildman–Crippen MR) is 94.7 cm³/mol. The van der Waals surface area contributed by atoms with Crippen molar-refractivity contribution in [3.8, 4) is 0 Å². The lowest BCUT2D eigenvalue weighted by Crippen LogP contribution is -2.38. The minimum atomic E-state index is -0.0962. The van der Waals surface area contributed by atoms with Gasteiger partial charge in [0.15, 0.2) is 5.96 Å². The molecular formula is C18H24N4O2. The molecule has 128 valence electrons. The second kappa shape index (κ2) is 10.1. The number of benzene rings is 1. The van der Waals surface area contributed by atoms with Gasteiger partial charge in [0.25, 0.3) is 0 Å². The first-order chi connectivity index (χ1) is 11.8. The minimum absolute atomic E-state index is 0.0856. The van der Waals surface area contributed by atoms with Crippen LogP contribution in [-0.2, 0) is 17.8 Å². The Balaban J connectivity index is 1.72. The zero-order valence-corrected chi connectivity index (χ0v) is 13.9. The Labute approximate surface area is 142 Å². The van der Waals surface area contributed by atoms with Gasteiger partial charge < -0.3 is 20.4 Å². The van der Waals surface area contributed by atoms with Crippen LogP contribution in [-0.4, -0.2) is 31.5 Å². The predicted octanol–water partition coefficient (Wildman–Crippen LogP) is 1.69. The van der Waals surface area contributed by atoms with Crippen LogP contribution in [0, 0.1) is 0 Å². The highest BCUT2D eigenvalue weighted by Gasteiger charge is 2.03. The van der Waals surface area contributed by atoms with Crippen LogP contribution in [0.1, 0.15) is 18.2 Å². The van der Waals surface area contributed by atoms with Crippen molar-refractivity contribution in [3.63, 3.8) is 0 Å². The second-order valence-corrected chi connectivity index (χ2v) is 5.21. The fraction of sp³-hybridized carbons (Fsp3) is 0.333. The average molecular weight is 328 g/mol. The molecule has 0 bridgehead atoms. The third-order valence-electron chi connectivity index (χ3n) is 3.31. The lowest BCUT2D eigenvalue weighted by molar-refractivity contribution is -0.119. The maximum absolute atomic E-state index is 11.9. The highest BCUT2D eigenvalue weighted by atomic mass is 16.3. The van der Waals surface area contributed by atoms with Gasteiger partial charge in [0.05, 0.1) is 12.8 Å². The van der Waals surface area contributed by atoms with Crippen molar-refractivity contribution >= 4 is 11.9 Å². The first-order valence-electron chi connectivity index (χ1n) is 8.13. The Morgan fingerprint density at radius 2 is 1.92 bits per heavy atom. The van der Waals surface area contributed by atoms with Gasteiger partial charge in [-0.15, -0.1) is 0 Å². The smallest absolute Gasteiger partial charge is 0.241 e. The molecule has 3 N–H and O–H groups in total. The average Bonchev–Trinajstić information content (AvgIpc) is 3.12. The summed E-state index contributed by atoms with van der Waals surface area (Å²) < 4.78 is 5.26. The summed E-state index contributed by atoms with van der Waals surface area (Å²) in [5, 5.41) is 9.10. The molecule has 1 amide bonds. The Bertz CT molecular complexity index is 624. The molecule has 0 saturated carbocycles. The summed E-state index contributed by atoms with van der Waals surface area (Å²) in [7, 11) is 0. The van der Waals surface area contributed by atoms with Gasteiger partial charge in [-0.1, -0.05) is 30.3 Å². The molecule has 1 heterocycles. The maximum Gasteiger partial charge on any atom is 0.241 e. The van der Waals surface area contributed by atoms with Crippen LogP contribution < -0.4 is 16.0 Å². The van der Waals surface area contributed by atoms with E-state index in [-0.39, 0.29) is 12.5 Å². The van der Waals surface area contributed by atoms with Gasteiger partial charge in [-0.25, -0.2) is 4.99 Å². The first kappa shape index (κ1) is 17.6. The van der Waals surface area contributed by atoms with Crippen molar-refractivity contribution < 1.29 is 9.21 Å². The quantitative estimate of drug-likeness (QED) is 0.509. The van der Waals surface area contributed by atoms with Gasteiger partial charge in [-0.2, -0.15) is 0 Å². The Morgan fingerprint density at radius 3 is 2.62 bits per heavy atom. The molecule has 0 radical (unpaired) electrons. The number of guanidine groups is 1. The van der Waals surface area contributed by atoms with Gasteiger partial charge >= 0.3 is 0 Å². The lowest BCUT2D eigenvalue weighted by atomic mass is 10.1. The number of carbonyl (C=O) groups excluding carboxylic acids is 1. The Hall–Kier alpha value is -2.76. The summed E-state index contributed by atoms with van der Waals surface area (Å²) in [5.74, 6) is 1.31. The molecule has 2 aromatic rings. The van der Waals surface area contributed by atoms with Crippen LogP contribution in [0.15, 0.2) is 58.1 Å². The highest BCUT2D eigenvalue weighted by molar-refractivity contribution is 5.84. The van der Waals surface area contributed by atoms with E-state index in [0.29, 0.717) is 19.0 Å². The fourth-order valence-electron chi connectivity index (χ4n) is 2.12. The van der Waals surface area contributed by atoms with Gasteiger partial charge in [0.2, 0.25) is 5.91 Å². The van der Waals surface area contributed by atoms with Crippen LogP contribution in [0.5, 0.6) is 0 Å². The van der Waals surface area contributed by atoms with Crippen molar-refractivity contribution in [2.75, 3.05) is 19.6 Å². The number of aliphatic imine (C=N–C) groups is 1. The minimum Gasteiger partial charge on any atom is -0.467 e. The van der Waals surface area contributed by atoms with Crippen LogP contribution in [0.25, 0.3) is 0 Å².